The summed E-state index contributed by atoms with van der Waals surface area (Å²) in [6.07, 6.45) is 3.83. The van der Waals surface area contributed by atoms with Gasteiger partial charge in [-0.1, -0.05) is 26.8 Å². The first kappa shape index (κ1) is 27.3. The first-order chi connectivity index (χ1) is 18.1. The van der Waals surface area contributed by atoms with Crippen LogP contribution in [0.25, 0.3) is 0 Å². The number of aromatic nitrogens is 2. The van der Waals surface area contributed by atoms with Crippen LogP contribution in [-0.2, 0) is 4.79 Å². The number of piperidine rings is 1. The molecule has 38 heavy (non-hydrogen) atoms. The van der Waals surface area contributed by atoms with Gasteiger partial charge in [0.1, 0.15) is 5.75 Å². The van der Waals surface area contributed by atoms with Crippen molar-refractivity contribution in [2.24, 2.45) is 11.3 Å². The van der Waals surface area contributed by atoms with Gasteiger partial charge in [-0.25, -0.2) is 9.37 Å². The number of nitrogens with zero attached hydrogens (tertiary/aromatic N) is 3. The van der Waals surface area contributed by atoms with Crippen molar-refractivity contribution >= 4 is 34.7 Å². The molecule has 0 aliphatic carbocycles. The molecule has 1 aliphatic rings. The van der Waals surface area contributed by atoms with Crippen molar-refractivity contribution in [3.05, 3.63) is 60.5 Å². The smallest absolute Gasteiger partial charge is 0.229 e. The van der Waals surface area contributed by atoms with E-state index in [1.165, 1.54) is 0 Å². The van der Waals surface area contributed by atoms with Crippen LogP contribution < -0.4 is 20.7 Å². The highest BCUT2D eigenvalue weighted by atomic mass is 19.1. The summed E-state index contributed by atoms with van der Waals surface area (Å²) >= 11 is 0. The lowest BCUT2D eigenvalue weighted by Crippen LogP contribution is -2.32. The van der Waals surface area contributed by atoms with Gasteiger partial charge in [0.15, 0.2) is 11.6 Å². The molecule has 1 amide bonds. The van der Waals surface area contributed by atoms with Crippen molar-refractivity contribution < 1.29 is 13.9 Å². The molecule has 4 rings (SSSR count). The van der Waals surface area contributed by atoms with E-state index < -0.39 is 5.82 Å². The van der Waals surface area contributed by atoms with E-state index in [1.807, 2.05) is 45.0 Å². The summed E-state index contributed by atoms with van der Waals surface area (Å²) < 4.78 is 20.5. The van der Waals surface area contributed by atoms with E-state index >= 15 is 0 Å². The fourth-order valence-corrected chi connectivity index (χ4v) is 4.22. The highest BCUT2D eigenvalue weighted by molar-refractivity contribution is 5.91. The highest BCUT2D eigenvalue weighted by Crippen LogP contribution is 2.25. The Balaban J connectivity index is 1.34. The molecule has 3 aromatic rings. The number of likely N-dealkylation sites (tertiary alicyclic amines) is 1. The van der Waals surface area contributed by atoms with Gasteiger partial charge in [0.05, 0.1) is 12.8 Å². The SMILES string of the molecule is CN1CCC(COc2ccc(Nc3ncc(F)c(Nc4cccc(NC(=O)CC(C)(C)C)c4)n3)cc2)CC1. The fourth-order valence-electron chi connectivity index (χ4n) is 4.22. The zero-order chi connectivity index (χ0) is 27.1. The molecule has 0 radical (unpaired) electrons. The predicted molar refractivity (Wildman–Crippen MR) is 150 cm³/mol. The maximum atomic E-state index is 14.5. The third kappa shape index (κ3) is 8.41. The molecule has 1 saturated heterocycles. The highest BCUT2D eigenvalue weighted by Gasteiger charge is 2.18. The van der Waals surface area contributed by atoms with Crippen molar-refractivity contribution in [2.45, 2.75) is 40.0 Å². The number of halogens is 1. The Morgan fingerprint density at radius 3 is 2.47 bits per heavy atom. The van der Waals surface area contributed by atoms with Gasteiger partial charge in [-0.15, -0.1) is 0 Å². The van der Waals surface area contributed by atoms with Crippen LogP contribution in [0, 0.1) is 17.2 Å². The van der Waals surface area contributed by atoms with Crippen LogP contribution in [0.15, 0.2) is 54.7 Å². The van der Waals surface area contributed by atoms with E-state index in [0.29, 0.717) is 23.7 Å². The Labute approximate surface area is 224 Å². The Hall–Kier alpha value is -3.72. The third-order valence-electron chi connectivity index (χ3n) is 6.28. The summed E-state index contributed by atoms with van der Waals surface area (Å²) in [6, 6.07) is 14.7. The minimum Gasteiger partial charge on any atom is -0.493 e. The van der Waals surface area contributed by atoms with Gasteiger partial charge in [-0.3, -0.25) is 4.79 Å². The largest absolute Gasteiger partial charge is 0.493 e. The van der Waals surface area contributed by atoms with E-state index in [0.717, 1.165) is 50.2 Å². The summed E-state index contributed by atoms with van der Waals surface area (Å²) in [6.45, 7) is 8.97. The molecule has 0 spiro atoms. The third-order valence-corrected chi connectivity index (χ3v) is 6.28. The molecule has 202 valence electrons. The van der Waals surface area contributed by atoms with Gasteiger partial charge in [0.2, 0.25) is 11.9 Å². The number of hydrogen-bond acceptors (Lipinski definition) is 7. The van der Waals surface area contributed by atoms with E-state index in [-0.39, 0.29) is 23.1 Å². The van der Waals surface area contributed by atoms with Gasteiger partial charge in [-0.05, 0) is 86.8 Å². The number of rotatable bonds is 9. The molecular weight excluding hydrogens is 483 g/mol. The van der Waals surface area contributed by atoms with E-state index in [2.05, 4.69) is 37.9 Å². The van der Waals surface area contributed by atoms with Gasteiger partial charge in [-0.2, -0.15) is 4.98 Å². The normalized spacial score (nSPS) is 14.7. The van der Waals surface area contributed by atoms with E-state index in [9.17, 15) is 9.18 Å². The molecule has 8 nitrogen and oxygen atoms in total. The summed E-state index contributed by atoms with van der Waals surface area (Å²) in [5, 5.41) is 8.97. The maximum Gasteiger partial charge on any atom is 0.229 e. The Bertz CT molecular complexity index is 1220. The molecule has 1 aromatic heterocycles. The Morgan fingerprint density at radius 1 is 1.05 bits per heavy atom. The average molecular weight is 521 g/mol. The molecule has 3 N–H and O–H groups in total. The monoisotopic (exact) mass is 520 g/mol. The van der Waals surface area contributed by atoms with Gasteiger partial charge in [0, 0.05) is 23.5 Å². The molecule has 1 fully saturated rings. The van der Waals surface area contributed by atoms with E-state index in [4.69, 9.17) is 4.74 Å². The minimum absolute atomic E-state index is 0.0266. The molecular formula is C29H37FN6O2. The maximum absolute atomic E-state index is 14.5. The van der Waals surface area contributed by atoms with Gasteiger partial charge < -0.3 is 25.6 Å². The first-order valence-electron chi connectivity index (χ1n) is 13.0. The lowest BCUT2D eigenvalue weighted by Gasteiger charge is -2.28. The van der Waals surface area contributed by atoms with E-state index in [1.54, 1.807) is 24.3 Å². The minimum atomic E-state index is -0.588. The van der Waals surface area contributed by atoms with Crippen molar-refractivity contribution in [3.8, 4) is 5.75 Å². The quantitative estimate of drug-likeness (QED) is 0.309. The second-order valence-electron chi connectivity index (χ2n) is 11.1. The second-order valence-corrected chi connectivity index (χ2v) is 11.1. The zero-order valence-electron chi connectivity index (χ0n) is 22.6. The lowest BCUT2D eigenvalue weighted by molar-refractivity contribution is -0.117. The molecule has 0 atom stereocenters. The molecule has 0 unspecified atom stereocenters. The summed E-state index contributed by atoms with van der Waals surface area (Å²) in [7, 11) is 2.15. The Kier molecular flexibility index (Phi) is 8.78. The number of amides is 1. The second kappa shape index (κ2) is 12.2. The van der Waals surface area contributed by atoms with Crippen molar-refractivity contribution in [2.75, 3.05) is 42.7 Å². The number of hydrogen-bond donors (Lipinski definition) is 3. The number of benzene rings is 2. The predicted octanol–water partition coefficient (Wildman–Crippen LogP) is 6.20. The fraction of sp³-hybridized carbons (Fsp3) is 0.414. The molecule has 0 bridgehead atoms. The first-order valence-corrected chi connectivity index (χ1v) is 13.0. The van der Waals surface area contributed by atoms with Crippen LogP contribution in [0.5, 0.6) is 5.75 Å². The topological polar surface area (TPSA) is 91.4 Å². The molecule has 2 aromatic carbocycles. The summed E-state index contributed by atoms with van der Waals surface area (Å²) in [5.41, 5.74) is 1.86. The molecule has 0 saturated carbocycles. The van der Waals surface area contributed by atoms with Crippen molar-refractivity contribution in [1.82, 2.24) is 14.9 Å². The molecule has 2 heterocycles. The van der Waals surface area contributed by atoms with Crippen LogP contribution in [0.3, 0.4) is 0 Å². The van der Waals surface area contributed by atoms with Crippen LogP contribution >= 0.6 is 0 Å². The van der Waals surface area contributed by atoms with Crippen LogP contribution in [0.2, 0.25) is 0 Å². The number of anilines is 5. The number of nitrogens with one attached hydrogen (secondary N) is 3. The average Bonchev–Trinajstić information content (AvgIpc) is 2.86. The van der Waals surface area contributed by atoms with Crippen molar-refractivity contribution in [1.29, 1.82) is 0 Å². The lowest BCUT2D eigenvalue weighted by atomic mass is 9.92. The standard InChI is InChI=1S/C29H37FN6O2/c1-29(2,3)17-26(37)32-22-6-5-7-23(16-22)33-27-25(30)18-31-28(35-27)34-21-8-10-24(11-9-21)38-19-20-12-14-36(4)15-13-20/h5-11,16,18,20H,12-15,17,19H2,1-4H3,(H,32,37)(H2,31,33,34,35). The molecule has 1 aliphatic heterocycles. The van der Waals surface area contributed by atoms with Gasteiger partial charge in [0.25, 0.3) is 0 Å². The summed E-state index contributed by atoms with van der Waals surface area (Å²) in [5.74, 6) is 1.01. The van der Waals surface area contributed by atoms with Gasteiger partial charge >= 0.3 is 0 Å². The Morgan fingerprint density at radius 2 is 1.76 bits per heavy atom. The molecule has 9 heteroatoms. The van der Waals surface area contributed by atoms with Crippen LogP contribution in [0.4, 0.5) is 33.2 Å². The van der Waals surface area contributed by atoms with Crippen LogP contribution in [-0.4, -0.2) is 47.5 Å². The number of ether oxygens (including phenoxy) is 1. The van der Waals surface area contributed by atoms with Crippen LogP contribution in [0.1, 0.15) is 40.0 Å². The summed E-state index contributed by atoms with van der Waals surface area (Å²) in [4.78, 5) is 23.0. The van der Waals surface area contributed by atoms with Crippen molar-refractivity contribution in [3.63, 3.8) is 0 Å². The zero-order valence-corrected chi connectivity index (χ0v) is 22.6. The number of carbonyl (C=O) groups is 1. The number of carbonyl (C=O) groups excluding carboxylic acids is 1.